The van der Waals surface area contributed by atoms with E-state index >= 15 is 4.39 Å². The van der Waals surface area contributed by atoms with E-state index in [0.717, 1.165) is 48.6 Å². The number of carbonyl (C=O) groups is 1. The third-order valence-electron chi connectivity index (χ3n) is 8.30. The van der Waals surface area contributed by atoms with Crippen LogP contribution in [-0.2, 0) is 4.79 Å². The molecule has 204 valence electrons. The van der Waals surface area contributed by atoms with Crippen LogP contribution in [0.4, 0.5) is 4.39 Å². The van der Waals surface area contributed by atoms with Crippen LogP contribution in [0.15, 0.2) is 30.5 Å². The molecule has 0 bridgehead atoms. The van der Waals surface area contributed by atoms with Gasteiger partial charge in [-0.25, -0.2) is 4.39 Å². The fraction of sp³-hybridized carbons (Fsp3) is 0.667. The van der Waals surface area contributed by atoms with Gasteiger partial charge in [0.1, 0.15) is 11.9 Å². The highest BCUT2D eigenvalue weighted by Crippen LogP contribution is 2.36. The van der Waals surface area contributed by atoms with Gasteiger partial charge < -0.3 is 14.7 Å². The third kappa shape index (κ3) is 8.31. The molecule has 2 aromatic rings. The second kappa shape index (κ2) is 14.3. The number of likely N-dealkylation sites (tertiary alicyclic amines) is 1. The maximum atomic E-state index is 15.5. The maximum Gasteiger partial charge on any atom is 0.303 e. The number of rotatable bonds is 12. The number of aliphatic carboxylic acids is 1. The Hall–Kier alpha value is -1.86. The minimum absolute atomic E-state index is 0.0854. The monoisotopic (exact) mass is 530 g/mol. The van der Waals surface area contributed by atoms with E-state index in [1.165, 1.54) is 44.3 Å². The second-order valence-corrected chi connectivity index (χ2v) is 12.3. The zero-order valence-corrected chi connectivity index (χ0v) is 23.1. The van der Waals surface area contributed by atoms with Gasteiger partial charge in [0.15, 0.2) is 0 Å². The van der Waals surface area contributed by atoms with Crippen LogP contribution in [0.2, 0.25) is 0 Å². The number of pyridine rings is 1. The van der Waals surface area contributed by atoms with E-state index in [1.54, 1.807) is 19.4 Å². The molecule has 1 aromatic carbocycles. The van der Waals surface area contributed by atoms with Gasteiger partial charge in [-0.15, -0.1) is 0 Å². The highest BCUT2D eigenvalue weighted by atomic mass is 32.2. The normalized spacial score (nSPS) is 22.5. The number of carboxylic acid groups (broad SMARTS) is 1. The van der Waals surface area contributed by atoms with Crippen LogP contribution < -0.4 is 4.74 Å². The van der Waals surface area contributed by atoms with Gasteiger partial charge in [-0.1, -0.05) is 25.7 Å². The Kier molecular flexibility index (Phi) is 10.9. The Bertz CT molecular complexity index is 998. The van der Waals surface area contributed by atoms with Crippen LogP contribution >= 0.6 is 11.8 Å². The van der Waals surface area contributed by atoms with Crippen LogP contribution in [-0.4, -0.2) is 58.7 Å². The summed E-state index contributed by atoms with van der Waals surface area (Å²) in [5.74, 6) is 1.47. The van der Waals surface area contributed by atoms with Gasteiger partial charge in [0.05, 0.1) is 12.6 Å². The Balaban J connectivity index is 1.28. The maximum absolute atomic E-state index is 15.5. The zero-order chi connectivity index (χ0) is 26.0. The van der Waals surface area contributed by atoms with E-state index in [2.05, 4.69) is 21.6 Å². The van der Waals surface area contributed by atoms with E-state index in [4.69, 9.17) is 4.74 Å². The zero-order valence-electron chi connectivity index (χ0n) is 22.2. The fourth-order valence-corrected chi connectivity index (χ4v) is 7.50. The van der Waals surface area contributed by atoms with Gasteiger partial charge in [-0.05, 0) is 99.0 Å². The van der Waals surface area contributed by atoms with Crippen molar-refractivity contribution in [1.82, 2.24) is 9.88 Å². The highest BCUT2D eigenvalue weighted by Gasteiger charge is 2.31. The van der Waals surface area contributed by atoms with Crippen LogP contribution in [0.3, 0.4) is 0 Å². The molecule has 37 heavy (non-hydrogen) atoms. The lowest BCUT2D eigenvalue weighted by atomic mass is 9.79. The van der Waals surface area contributed by atoms with Crippen molar-refractivity contribution >= 4 is 28.6 Å². The first-order valence-corrected chi connectivity index (χ1v) is 15.2. The summed E-state index contributed by atoms with van der Waals surface area (Å²) in [7, 11) is 1.61. The minimum atomic E-state index is -1.11. The number of hydrogen-bond acceptors (Lipinski definition) is 5. The number of piperidine rings is 1. The van der Waals surface area contributed by atoms with Crippen LogP contribution in [0.25, 0.3) is 10.9 Å². The number of alkyl halides is 1. The molecule has 0 spiro atoms. The Labute approximate surface area is 225 Å². The second-order valence-electron chi connectivity index (χ2n) is 10.9. The molecule has 7 heteroatoms. The van der Waals surface area contributed by atoms with Crippen molar-refractivity contribution in [3.8, 4) is 5.75 Å². The quantitative estimate of drug-likeness (QED) is 0.230. The molecule has 2 aliphatic rings. The molecule has 1 aromatic heterocycles. The molecule has 0 radical (unpaired) electrons. The number of hydrogen-bond donors (Lipinski definition) is 1. The molecule has 4 rings (SSSR count). The van der Waals surface area contributed by atoms with Crippen molar-refractivity contribution in [3.63, 3.8) is 0 Å². The molecule has 1 saturated heterocycles. The number of carboxylic acids is 1. The molecule has 1 aliphatic carbocycles. The van der Waals surface area contributed by atoms with E-state index in [0.29, 0.717) is 24.2 Å². The lowest BCUT2D eigenvalue weighted by Crippen LogP contribution is -2.42. The Morgan fingerprint density at radius 1 is 1.19 bits per heavy atom. The molecule has 5 nitrogen and oxygen atoms in total. The standard InChI is InChI=1S/C30H43FN2O3S/c1-36-24-10-12-29-27(20-24)26(13-15-32-29)28(31)11-9-22-14-17-33(21-23(22)19-30(34)35)16-6-18-37-25-7-4-2-3-5-8-25/h10,12-13,15,20,22-23,25,28H,2-9,11,14,16-19,21H2,1H3,(H,34,35)/t22-,23+,28-/m1/s1. The van der Waals surface area contributed by atoms with E-state index < -0.39 is 12.1 Å². The topological polar surface area (TPSA) is 62.7 Å². The number of fused-ring (bicyclic) bond motifs is 1. The van der Waals surface area contributed by atoms with Gasteiger partial charge in [0.2, 0.25) is 0 Å². The number of thioether (sulfide) groups is 1. The average molecular weight is 531 g/mol. The molecular weight excluding hydrogens is 487 g/mol. The van der Waals surface area contributed by atoms with Gasteiger partial charge in [-0.3, -0.25) is 9.78 Å². The lowest BCUT2D eigenvalue weighted by Gasteiger charge is -2.38. The van der Waals surface area contributed by atoms with Crippen molar-refractivity contribution in [2.24, 2.45) is 11.8 Å². The van der Waals surface area contributed by atoms with E-state index in [-0.39, 0.29) is 18.3 Å². The molecule has 0 unspecified atom stereocenters. The number of methoxy groups -OCH3 is 1. The highest BCUT2D eigenvalue weighted by molar-refractivity contribution is 7.99. The molecule has 1 saturated carbocycles. The van der Waals surface area contributed by atoms with E-state index in [1.807, 2.05) is 18.2 Å². The summed E-state index contributed by atoms with van der Waals surface area (Å²) >= 11 is 2.15. The lowest BCUT2D eigenvalue weighted by molar-refractivity contribution is -0.139. The van der Waals surface area contributed by atoms with Gasteiger partial charge >= 0.3 is 5.97 Å². The van der Waals surface area contributed by atoms with Gasteiger partial charge in [0, 0.05) is 29.8 Å². The predicted molar refractivity (Wildman–Crippen MR) is 150 cm³/mol. The molecule has 0 amide bonds. The summed E-state index contributed by atoms with van der Waals surface area (Å²) in [4.78, 5) is 18.5. The molecule has 2 fully saturated rings. The van der Waals surface area contributed by atoms with Crippen LogP contribution in [0, 0.1) is 11.8 Å². The number of nitrogens with zero attached hydrogens (tertiary/aromatic N) is 2. The molecule has 1 N–H and O–H groups in total. The number of ether oxygens (including phenoxy) is 1. The van der Waals surface area contributed by atoms with E-state index in [9.17, 15) is 9.90 Å². The van der Waals surface area contributed by atoms with Crippen molar-refractivity contribution in [3.05, 3.63) is 36.0 Å². The molecule has 2 heterocycles. The Morgan fingerprint density at radius 3 is 2.76 bits per heavy atom. The molecular formula is C30H43FN2O3S. The summed E-state index contributed by atoms with van der Waals surface area (Å²) in [5, 5.41) is 11.2. The summed E-state index contributed by atoms with van der Waals surface area (Å²) in [6.07, 6.45) is 12.2. The van der Waals surface area contributed by atoms with Crippen molar-refractivity contribution in [2.75, 3.05) is 32.5 Å². The van der Waals surface area contributed by atoms with Crippen molar-refractivity contribution in [1.29, 1.82) is 0 Å². The van der Waals surface area contributed by atoms with Crippen molar-refractivity contribution in [2.45, 2.75) is 82.1 Å². The molecule has 3 atom stereocenters. The minimum Gasteiger partial charge on any atom is -0.497 e. The SMILES string of the molecule is COc1ccc2nccc([C@H](F)CC[C@@H]3CCN(CCCSC4CCCCCC4)C[C@@H]3CC(=O)O)c2c1. The van der Waals surface area contributed by atoms with Gasteiger partial charge in [-0.2, -0.15) is 11.8 Å². The fourth-order valence-electron chi connectivity index (χ4n) is 6.20. The number of aromatic nitrogens is 1. The number of halogens is 1. The van der Waals surface area contributed by atoms with Gasteiger partial charge in [0.25, 0.3) is 0 Å². The first-order chi connectivity index (χ1) is 18.0. The summed E-state index contributed by atoms with van der Waals surface area (Å²) in [5.41, 5.74) is 1.40. The Morgan fingerprint density at radius 2 is 2.00 bits per heavy atom. The predicted octanol–water partition coefficient (Wildman–Crippen LogP) is 7.29. The third-order valence-corrected chi connectivity index (χ3v) is 9.76. The summed E-state index contributed by atoms with van der Waals surface area (Å²) < 4.78 is 20.8. The first-order valence-electron chi connectivity index (χ1n) is 14.2. The van der Waals surface area contributed by atoms with Crippen molar-refractivity contribution < 1.29 is 19.0 Å². The summed E-state index contributed by atoms with van der Waals surface area (Å²) in [6, 6.07) is 7.31. The largest absolute Gasteiger partial charge is 0.497 e. The van der Waals surface area contributed by atoms with Crippen LogP contribution in [0.1, 0.15) is 82.4 Å². The van der Waals surface area contributed by atoms with Crippen LogP contribution in [0.5, 0.6) is 5.75 Å². The summed E-state index contributed by atoms with van der Waals surface area (Å²) in [6.45, 7) is 2.84. The smallest absolute Gasteiger partial charge is 0.303 e. The molecule has 1 aliphatic heterocycles. The first kappa shape index (κ1) is 28.2. The average Bonchev–Trinajstić information content (AvgIpc) is 3.18. The number of benzene rings is 1.